The van der Waals surface area contributed by atoms with Gasteiger partial charge in [0.05, 0.1) is 11.9 Å². The highest BCUT2D eigenvalue weighted by Gasteiger charge is 2.08. The molecule has 27 heavy (non-hydrogen) atoms. The first-order valence-electron chi connectivity index (χ1n) is 8.32. The van der Waals surface area contributed by atoms with Gasteiger partial charge in [0.25, 0.3) is 0 Å². The van der Waals surface area contributed by atoms with E-state index in [-0.39, 0.29) is 6.61 Å². The van der Waals surface area contributed by atoms with Crippen LogP contribution in [-0.2, 0) is 11.3 Å². The van der Waals surface area contributed by atoms with Gasteiger partial charge in [-0.1, -0.05) is 6.07 Å². The Morgan fingerprint density at radius 3 is 2.81 bits per heavy atom. The lowest BCUT2D eigenvalue weighted by atomic mass is 10.2. The smallest absolute Gasteiger partial charge is 0.404 e. The van der Waals surface area contributed by atoms with Gasteiger partial charge in [0.1, 0.15) is 12.4 Å². The van der Waals surface area contributed by atoms with Crippen LogP contribution in [0.3, 0.4) is 0 Å². The molecule has 3 aromatic rings. The Kier molecular flexibility index (Phi) is 5.20. The number of nitrogens with one attached hydrogen (secondary N) is 2. The molecular formula is C18H21N7O2. The Balaban J connectivity index is 1.84. The third-order valence-corrected chi connectivity index (χ3v) is 3.84. The van der Waals surface area contributed by atoms with Crippen molar-refractivity contribution in [1.82, 2.24) is 19.7 Å². The lowest BCUT2D eigenvalue weighted by molar-refractivity contribution is 0.150. The van der Waals surface area contributed by atoms with E-state index in [1.807, 2.05) is 45.2 Å². The van der Waals surface area contributed by atoms with Crippen LogP contribution in [0.25, 0.3) is 5.69 Å². The number of hydrogen-bond donors (Lipinski definition) is 3. The lowest BCUT2D eigenvalue weighted by Crippen LogP contribution is -2.12. The largest absolute Gasteiger partial charge is 0.445 e. The van der Waals surface area contributed by atoms with Crippen molar-refractivity contribution in [2.75, 3.05) is 17.7 Å². The second kappa shape index (κ2) is 7.73. The summed E-state index contributed by atoms with van der Waals surface area (Å²) < 4.78 is 6.51. The maximum atomic E-state index is 10.7. The minimum absolute atomic E-state index is 0.0796. The topological polar surface area (TPSA) is 120 Å². The quantitative estimate of drug-likeness (QED) is 0.612. The van der Waals surface area contributed by atoms with Crippen LogP contribution in [0.1, 0.15) is 16.8 Å². The van der Waals surface area contributed by atoms with Crippen LogP contribution in [-0.4, -0.2) is 32.9 Å². The van der Waals surface area contributed by atoms with Crippen molar-refractivity contribution in [3.63, 3.8) is 0 Å². The first kappa shape index (κ1) is 18.2. The van der Waals surface area contributed by atoms with E-state index in [2.05, 4.69) is 25.7 Å². The summed E-state index contributed by atoms with van der Waals surface area (Å²) in [5, 5.41) is 10.6. The van der Waals surface area contributed by atoms with Crippen LogP contribution in [0.15, 0.2) is 36.7 Å². The molecule has 0 fully saturated rings. The van der Waals surface area contributed by atoms with Crippen LogP contribution in [0, 0.1) is 13.8 Å². The minimum Gasteiger partial charge on any atom is -0.445 e. The van der Waals surface area contributed by atoms with Gasteiger partial charge >= 0.3 is 6.09 Å². The number of aryl methyl sites for hydroxylation is 2. The molecule has 0 unspecified atom stereocenters. The Labute approximate surface area is 156 Å². The predicted molar refractivity (Wildman–Crippen MR) is 102 cm³/mol. The molecule has 0 saturated carbocycles. The number of ether oxygens (including phenoxy) is 1. The molecule has 1 amide bonds. The van der Waals surface area contributed by atoms with Gasteiger partial charge in [-0.2, -0.15) is 10.1 Å². The molecule has 0 bridgehead atoms. The zero-order chi connectivity index (χ0) is 19.4. The van der Waals surface area contributed by atoms with Crippen molar-refractivity contribution in [3.8, 4) is 5.69 Å². The summed E-state index contributed by atoms with van der Waals surface area (Å²) in [4.78, 5) is 19.5. The van der Waals surface area contributed by atoms with E-state index >= 15 is 0 Å². The second-order valence-corrected chi connectivity index (χ2v) is 6.00. The maximum Gasteiger partial charge on any atom is 0.404 e. The summed E-state index contributed by atoms with van der Waals surface area (Å²) in [5.41, 5.74) is 9.34. The molecule has 140 valence electrons. The predicted octanol–water partition coefficient (Wildman–Crippen LogP) is 2.66. The third-order valence-electron chi connectivity index (χ3n) is 3.84. The van der Waals surface area contributed by atoms with Gasteiger partial charge in [0.15, 0.2) is 0 Å². The number of carbonyl (C=O) groups is 1. The number of rotatable bonds is 6. The summed E-state index contributed by atoms with van der Waals surface area (Å²) in [6.07, 6.45) is 2.60. The van der Waals surface area contributed by atoms with Gasteiger partial charge in [-0.15, -0.1) is 0 Å². The highest BCUT2D eigenvalue weighted by Crippen LogP contribution is 2.22. The number of anilines is 3. The van der Waals surface area contributed by atoms with Crippen LogP contribution >= 0.6 is 0 Å². The molecular weight excluding hydrogens is 346 g/mol. The van der Waals surface area contributed by atoms with E-state index in [1.165, 1.54) is 0 Å². The van der Waals surface area contributed by atoms with Gasteiger partial charge in [-0.3, -0.25) is 0 Å². The van der Waals surface area contributed by atoms with Gasteiger partial charge in [0, 0.05) is 36.3 Å². The van der Waals surface area contributed by atoms with Crippen molar-refractivity contribution in [3.05, 3.63) is 53.5 Å². The molecule has 2 heterocycles. The summed E-state index contributed by atoms with van der Waals surface area (Å²) in [6.45, 7) is 3.98. The fourth-order valence-electron chi connectivity index (χ4n) is 2.54. The van der Waals surface area contributed by atoms with Crippen LogP contribution in [0.4, 0.5) is 22.2 Å². The molecule has 0 aliphatic rings. The summed E-state index contributed by atoms with van der Waals surface area (Å²) in [7, 11) is 1.81. The zero-order valence-corrected chi connectivity index (χ0v) is 15.4. The second-order valence-electron chi connectivity index (χ2n) is 6.00. The number of nitrogens with zero attached hydrogens (tertiary/aromatic N) is 4. The first-order chi connectivity index (χ1) is 12.9. The molecule has 0 aliphatic carbocycles. The van der Waals surface area contributed by atoms with Gasteiger partial charge in [-0.25, -0.2) is 14.5 Å². The fraction of sp³-hybridized carbons (Fsp3) is 0.222. The normalized spacial score (nSPS) is 10.5. The number of nitrogens with two attached hydrogens (primary N) is 1. The molecule has 0 saturated heterocycles. The van der Waals surface area contributed by atoms with Gasteiger partial charge in [-0.05, 0) is 31.5 Å². The highest BCUT2D eigenvalue weighted by atomic mass is 16.5. The first-order valence-corrected chi connectivity index (χ1v) is 8.32. The molecule has 9 heteroatoms. The highest BCUT2D eigenvalue weighted by molar-refractivity contribution is 5.64. The Morgan fingerprint density at radius 2 is 2.07 bits per heavy atom. The lowest BCUT2D eigenvalue weighted by Gasteiger charge is -2.11. The number of aromatic nitrogens is 4. The van der Waals surface area contributed by atoms with Crippen molar-refractivity contribution in [2.24, 2.45) is 5.73 Å². The number of primary amides is 1. The third kappa shape index (κ3) is 4.51. The number of benzene rings is 1. The average Bonchev–Trinajstić information content (AvgIpc) is 3.10. The van der Waals surface area contributed by atoms with Crippen LogP contribution in [0.2, 0.25) is 0 Å². The SMILES string of the molecule is CNc1cc(C)nc(Nc2ccc(C)c(-n3cc(COC(N)=O)cn3)c2)n1. The van der Waals surface area contributed by atoms with E-state index in [4.69, 9.17) is 10.5 Å². The minimum atomic E-state index is -0.816. The molecule has 0 radical (unpaired) electrons. The molecule has 1 aromatic carbocycles. The van der Waals surface area contributed by atoms with Crippen LogP contribution in [0.5, 0.6) is 0 Å². The van der Waals surface area contributed by atoms with E-state index in [0.717, 1.165) is 34.0 Å². The van der Waals surface area contributed by atoms with Crippen molar-refractivity contribution in [1.29, 1.82) is 0 Å². The van der Waals surface area contributed by atoms with E-state index in [1.54, 1.807) is 17.1 Å². The number of carbonyl (C=O) groups excluding carboxylic acids is 1. The maximum absolute atomic E-state index is 10.7. The molecule has 3 rings (SSSR count). The van der Waals surface area contributed by atoms with E-state index in [9.17, 15) is 4.79 Å². The summed E-state index contributed by atoms with van der Waals surface area (Å²) >= 11 is 0. The molecule has 0 atom stereocenters. The van der Waals surface area contributed by atoms with Crippen molar-refractivity contribution >= 4 is 23.5 Å². The fourth-order valence-corrected chi connectivity index (χ4v) is 2.54. The molecule has 0 aliphatic heterocycles. The van der Waals surface area contributed by atoms with Crippen molar-refractivity contribution < 1.29 is 9.53 Å². The Hall–Kier alpha value is -3.62. The summed E-state index contributed by atoms with van der Waals surface area (Å²) in [5.74, 6) is 1.24. The monoisotopic (exact) mass is 367 g/mol. The molecule has 0 spiro atoms. The zero-order valence-electron chi connectivity index (χ0n) is 15.4. The van der Waals surface area contributed by atoms with E-state index in [0.29, 0.717) is 5.95 Å². The van der Waals surface area contributed by atoms with Gasteiger partial charge < -0.3 is 21.1 Å². The van der Waals surface area contributed by atoms with Crippen molar-refractivity contribution in [2.45, 2.75) is 20.5 Å². The Morgan fingerprint density at radius 1 is 1.26 bits per heavy atom. The number of amides is 1. The molecule has 9 nitrogen and oxygen atoms in total. The molecule has 2 aromatic heterocycles. The average molecular weight is 367 g/mol. The standard InChI is InChI=1S/C18H21N7O2/c1-11-4-5-14(23-18-22-12(2)6-16(20-3)24-18)7-15(11)25-9-13(8-21-25)10-27-17(19)26/h4-9H,10H2,1-3H3,(H2,19,26)(H2,20,22,23,24). The van der Waals surface area contributed by atoms with Crippen LogP contribution < -0.4 is 16.4 Å². The number of hydrogen-bond acceptors (Lipinski definition) is 7. The summed E-state index contributed by atoms with van der Waals surface area (Å²) in [6, 6.07) is 7.74. The Bertz CT molecular complexity index is 968. The van der Waals surface area contributed by atoms with E-state index < -0.39 is 6.09 Å². The molecule has 4 N–H and O–H groups in total. The van der Waals surface area contributed by atoms with Gasteiger partial charge in [0.2, 0.25) is 5.95 Å².